The van der Waals surface area contributed by atoms with E-state index in [1.54, 1.807) is 25.3 Å². The molecule has 0 fully saturated rings. The Morgan fingerprint density at radius 2 is 2.00 bits per heavy atom. The molecule has 116 valence electrons. The number of carbonyl (C=O) groups is 1. The molecule has 5 nitrogen and oxygen atoms in total. The van der Waals surface area contributed by atoms with Crippen molar-refractivity contribution in [2.45, 2.75) is 13.0 Å². The number of hydrogen-bond acceptors (Lipinski definition) is 3. The van der Waals surface area contributed by atoms with Gasteiger partial charge in [-0.15, -0.1) is 0 Å². The van der Waals surface area contributed by atoms with Crippen LogP contribution in [0.4, 0.5) is 4.79 Å². The largest absolute Gasteiger partial charge is 0.497 e. The van der Waals surface area contributed by atoms with Gasteiger partial charge in [0.05, 0.1) is 19.3 Å². The molecule has 0 saturated carbocycles. The van der Waals surface area contributed by atoms with Gasteiger partial charge in [-0.25, -0.2) is 4.79 Å². The predicted molar refractivity (Wildman–Crippen MR) is 85.8 cm³/mol. The molecule has 0 atom stereocenters. The molecule has 2 amide bonds. The van der Waals surface area contributed by atoms with Crippen molar-refractivity contribution in [2.75, 3.05) is 20.7 Å². The number of rotatable bonds is 6. The van der Waals surface area contributed by atoms with Crippen LogP contribution in [0.25, 0.3) is 0 Å². The van der Waals surface area contributed by atoms with Gasteiger partial charge < -0.3 is 15.0 Å². The van der Waals surface area contributed by atoms with E-state index in [0.29, 0.717) is 13.1 Å². The van der Waals surface area contributed by atoms with Crippen molar-refractivity contribution in [3.63, 3.8) is 0 Å². The van der Waals surface area contributed by atoms with Gasteiger partial charge in [-0.3, -0.25) is 4.98 Å². The maximum atomic E-state index is 12.0. The van der Waals surface area contributed by atoms with Crippen LogP contribution in [0, 0.1) is 0 Å². The first-order valence-electron chi connectivity index (χ1n) is 7.21. The minimum atomic E-state index is -0.0980. The number of ether oxygens (including phenoxy) is 1. The highest BCUT2D eigenvalue weighted by Crippen LogP contribution is 2.11. The molecule has 0 spiro atoms. The summed E-state index contributed by atoms with van der Waals surface area (Å²) in [6.45, 7) is 1.09. The fourth-order valence-electron chi connectivity index (χ4n) is 2.05. The summed E-state index contributed by atoms with van der Waals surface area (Å²) in [4.78, 5) is 17.8. The summed E-state index contributed by atoms with van der Waals surface area (Å²) in [5.41, 5.74) is 2.03. The van der Waals surface area contributed by atoms with E-state index >= 15 is 0 Å². The van der Waals surface area contributed by atoms with E-state index in [1.807, 2.05) is 42.5 Å². The molecule has 2 rings (SSSR count). The predicted octanol–water partition coefficient (Wildman–Crippen LogP) is 2.47. The maximum Gasteiger partial charge on any atom is 0.317 e. The third kappa shape index (κ3) is 4.77. The van der Waals surface area contributed by atoms with Crippen LogP contribution in [0.1, 0.15) is 11.3 Å². The molecule has 0 unspecified atom stereocenters. The van der Waals surface area contributed by atoms with Crippen LogP contribution in [-0.4, -0.2) is 36.6 Å². The summed E-state index contributed by atoms with van der Waals surface area (Å²) in [7, 11) is 3.41. The zero-order valence-electron chi connectivity index (χ0n) is 13.0. The van der Waals surface area contributed by atoms with Crippen LogP contribution in [0.2, 0.25) is 0 Å². The molecule has 1 N–H and O–H groups in total. The summed E-state index contributed by atoms with van der Waals surface area (Å²) < 4.78 is 5.12. The summed E-state index contributed by atoms with van der Waals surface area (Å²) >= 11 is 0. The highest BCUT2D eigenvalue weighted by molar-refractivity contribution is 5.73. The van der Waals surface area contributed by atoms with Crippen molar-refractivity contribution in [2.24, 2.45) is 0 Å². The Morgan fingerprint density at radius 1 is 1.23 bits per heavy atom. The normalized spacial score (nSPS) is 10.1. The number of pyridine rings is 1. The number of methoxy groups -OCH3 is 1. The van der Waals surface area contributed by atoms with E-state index in [1.165, 1.54) is 0 Å². The lowest BCUT2D eigenvalue weighted by Gasteiger charge is -2.17. The van der Waals surface area contributed by atoms with Gasteiger partial charge in [0.15, 0.2) is 0 Å². The molecule has 0 bridgehead atoms. The molecular formula is C17H21N3O2. The first-order valence-corrected chi connectivity index (χ1v) is 7.21. The standard InChI is InChI=1S/C17H21N3O2/c1-20(13-15-5-3-4-11-18-15)17(21)19-12-10-14-6-8-16(22-2)9-7-14/h3-9,11H,10,12-13H2,1-2H3,(H,19,21). The molecule has 5 heteroatoms. The third-order valence-electron chi connectivity index (χ3n) is 3.32. The smallest absolute Gasteiger partial charge is 0.317 e. The average molecular weight is 299 g/mol. The number of benzene rings is 1. The zero-order valence-corrected chi connectivity index (χ0v) is 13.0. The molecule has 0 aliphatic heterocycles. The summed E-state index contributed by atoms with van der Waals surface area (Å²) in [5, 5.41) is 2.91. The van der Waals surface area contributed by atoms with Crippen LogP contribution in [0.3, 0.4) is 0 Å². The lowest BCUT2D eigenvalue weighted by molar-refractivity contribution is 0.206. The Labute approximate surface area is 130 Å². The van der Waals surface area contributed by atoms with Crippen LogP contribution < -0.4 is 10.1 Å². The first-order chi connectivity index (χ1) is 10.7. The summed E-state index contributed by atoms with van der Waals surface area (Å²) in [5.74, 6) is 0.836. The minimum Gasteiger partial charge on any atom is -0.497 e. The van der Waals surface area contributed by atoms with Gasteiger partial charge >= 0.3 is 6.03 Å². The SMILES string of the molecule is COc1ccc(CCNC(=O)N(C)Cc2ccccn2)cc1. The number of hydrogen-bond donors (Lipinski definition) is 1. The first kappa shape index (κ1) is 15.8. The fourth-order valence-corrected chi connectivity index (χ4v) is 2.05. The number of urea groups is 1. The molecule has 1 heterocycles. The number of aromatic nitrogens is 1. The molecule has 0 saturated heterocycles. The highest BCUT2D eigenvalue weighted by Gasteiger charge is 2.08. The van der Waals surface area contributed by atoms with Gasteiger partial charge in [-0.1, -0.05) is 18.2 Å². The number of amides is 2. The highest BCUT2D eigenvalue weighted by atomic mass is 16.5. The maximum absolute atomic E-state index is 12.0. The van der Waals surface area contributed by atoms with Gasteiger partial charge in [0.1, 0.15) is 5.75 Å². The molecule has 1 aromatic heterocycles. The Hall–Kier alpha value is -2.56. The second kappa shape index (κ2) is 8.02. The molecule has 2 aromatic rings. The lowest BCUT2D eigenvalue weighted by atomic mass is 10.1. The second-order valence-corrected chi connectivity index (χ2v) is 5.01. The van der Waals surface area contributed by atoms with E-state index in [2.05, 4.69) is 10.3 Å². The molecule has 0 radical (unpaired) electrons. The molecule has 1 aromatic carbocycles. The summed E-state index contributed by atoms with van der Waals surface area (Å²) in [6, 6.07) is 13.4. The van der Waals surface area contributed by atoms with Crippen molar-refractivity contribution in [1.29, 1.82) is 0 Å². The number of nitrogens with one attached hydrogen (secondary N) is 1. The quantitative estimate of drug-likeness (QED) is 0.891. The Morgan fingerprint density at radius 3 is 2.64 bits per heavy atom. The van der Waals surface area contributed by atoms with Crippen molar-refractivity contribution >= 4 is 6.03 Å². The van der Waals surface area contributed by atoms with Crippen LogP contribution in [-0.2, 0) is 13.0 Å². The van der Waals surface area contributed by atoms with E-state index in [0.717, 1.165) is 23.4 Å². The Balaban J connectivity index is 1.74. The van der Waals surface area contributed by atoms with E-state index < -0.39 is 0 Å². The van der Waals surface area contributed by atoms with Crippen LogP contribution in [0.15, 0.2) is 48.7 Å². The third-order valence-corrected chi connectivity index (χ3v) is 3.32. The minimum absolute atomic E-state index is 0.0980. The summed E-state index contributed by atoms with van der Waals surface area (Å²) in [6.07, 6.45) is 2.51. The number of carbonyl (C=O) groups excluding carboxylic acids is 1. The molecule has 0 aliphatic carbocycles. The topological polar surface area (TPSA) is 54.5 Å². The van der Waals surface area contributed by atoms with Crippen molar-refractivity contribution < 1.29 is 9.53 Å². The molecule has 22 heavy (non-hydrogen) atoms. The van der Waals surface area contributed by atoms with E-state index in [9.17, 15) is 4.79 Å². The van der Waals surface area contributed by atoms with Gasteiger partial charge in [0.2, 0.25) is 0 Å². The van der Waals surface area contributed by atoms with Crippen molar-refractivity contribution in [3.05, 3.63) is 59.9 Å². The van der Waals surface area contributed by atoms with Gasteiger partial charge in [-0.05, 0) is 36.2 Å². The van der Waals surface area contributed by atoms with Crippen molar-refractivity contribution in [3.8, 4) is 5.75 Å². The zero-order chi connectivity index (χ0) is 15.8. The van der Waals surface area contributed by atoms with Gasteiger partial charge in [0.25, 0.3) is 0 Å². The Kier molecular flexibility index (Phi) is 5.77. The van der Waals surface area contributed by atoms with Gasteiger partial charge in [-0.2, -0.15) is 0 Å². The van der Waals surface area contributed by atoms with Crippen LogP contribution in [0.5, 0.6) is 5.75 Å². The van der Waals surface area contributed by atoms with E-state index in [4.69, 9.17) is 4.74 Å². The fraction of sp³-hybridized carbons (Fsp3) is 0.294. The molecular weight excluding hydrogens is 278 g/mol. The Bertz CT molecular complexity index is 585. The van der Waals surface area contributed by atoms with Crippen LogP contribution >= 0.6 is 0 Å². The second-order valence-electron chi connectivity index (χ2n) is 5.01. The van der Waals surface area contributed by atoms with Crippen molar-refractivity contribution in [1.82, 2.24) is 15.2 Å². The number of nitrogens with zero attached hydrogens (tertiary/aromatic N) is 2. The average Bonchev–Trinajstić information content (AvgIpc) is 2.56. The lowest BCUT2D eigenvalue weighted by Crippen LogP contribution is -2.37. The molecule has 0 aliphatic rings. The van der Waals surface area contributed by atoms with Gasteiger partial charge in [0, 0.05) is 19.8 Å². The monoisotopic (exact) mass is 299 g/mol. The van der Waals surface area contributed by atoms with E-state index in [-0.39, 0.29) is 6.03 Å².